The molecule has 0 bridgehead atoms. The van der Waals surface area contributed by atoms with Crippen molar-refractivity contribution in [2.45, 2.75) is 45.2 Å². The van der Waals surface area contributed by atoms with Crippen LogP contribution < -0.4 is 5.32 Å². The zero-order valence-corrected chi connectivity index (χ0v) is 12.1. The summed E-state index contributed by atoms with van der Waals surface area (Å²) in [7, 11) is 0. The van der Waals surface area contributed by atoms with Gasteiger partial charge in [0.15, 0.2) is 0 Å². The van der Waals surface area contributed by atoms with Crippen LogP contribution in [-0.4, -0.2) is 15.6 Å². The number of nitrogens with one attached hydrogen (secondary N) is 1. The second kappa shape index (κ2) is 6.23. The lowest BCUT2D eigenvalue weighted by Crippen LogP contribution is -2.36. The first-order valence-electron chi connectivity index (χ1n) is 7.63. The van der Waals surface area contributed by atoms with E-state index in [1.807, 2.05) is 17.1 Å². The van der Waals surface area contributed by atoms with Gasteiger partial charge < -0.3 is 9.88 Å². The van der Waals surface area contributed by atoms with Gasteiger partial charge in [0.05, 0.1) is 6.33 Å². The van der Waals surface area contributed by atoms with Crippen molar-refractivity contribution in [3.05, 3.63) is 48.5 Å². The van der Waals surface area contributed by atoms with Gasteiger partial charge in [-0.05, 0) is 36.5 Å². The van der Waals surface area contributed by atoms with E-state index >= 15 is 0 Å². The van der Waals surface area contributed by atoms with Crippen molar-refractivity contribution in [1.29, 1.82) is 0 Å². The summed E-state index contributed by atoms with van der Waals surface area (Å²) in [5.74, 6) is 0.814. The van der Waals surface area contributed by atoms with E-state index < -0.39 is 0 Å². The Morgan fingerprint density at radius 1 is 1.20 bits per heavy atom. The van der Waals surface area contributed by atoms with Crippen LogP contribution in [0.15, 0.2) is 43.0 Å². The molecule has 1 aromatic carbocycles. The lowest BCUT2D eigenvalue weighted by molar-refractivity contribution is 0.279. The molecule has 0 aliphatic heterocycles. The first-order chi connectivity index (χ1) is 9.83. The molecule has 20 heavy (non-hydrogen) atoms. The zero-order chi connectivity index (χ0) is 13.8. The Bertz CT molecular complexity index is 516. The third-order valence-corrected chi connectivity index (χ3v) is 4.42. The lowest BCUT2D eigenvalue weighted by Gasteiger charge is -2.29. The average molecular weight is 269 g/mol. The maximum absolute atomic E-state index is 4.08. The molecule has 1 saturated carbocycles. The topological polar surface area (TPSA) is 29.9 Å². The summed E-state index contributed by atoms with van der Waals surface area (Å²) in [6.07, 6.45) is 11.1. The Morgan fingerprint density at radius 2 is 2.00 bits per heavy atom. The van der Waals surface area contributed by atoms with E-state index in [-0.39, 0.29) is 0 Å². The smallest absolute Gasteiger partial charge is 0.0991 e. The molecule has 3 heteroatoms. The highest BCUT2D eigenvalue weighted by Gasteiger charge is 2.20. The van der Waals surface area contributed by atoms with Gasteiger partial charge in [0, 0.05) is 30.7 Å². The van der Waals surface area contributed by atoms with Gasteiger partial charge in [0.2, 0.25) is 0 Å². The highest BCUT2D eigenvalue weighted by Crippen LogP contribution is 2.24. The van der Waals surface area contributed by atoms with Crippen molar-refractivity contribution in [2.75, 3.05) is 0 Å². The molecule has 2 atom stereocenters. The summed E-state index contributed by atoms with van der Waals surface area (Å²) >= 11 is 0. The fraction of sp³-hybridized carbons (Fsp3) is 0.471. The maximum Gasteiger partial charge on any atom is 0.0991 e. The standard InChI is InChI=1S/C17H23N3/c1-14-4-2-3-5-17(14)19-12-15-6-8-16(9-7-15)20-11-10-18-13-20/h6-11,13-14,17,19H,2-5,12H2,1H3. The number of aromatic nitrogens is 2. The van der Waals surface area contributed by atoms with Crippen LogP contribution in [0.5, 0.6) is 0 Å². The fourth-order valence-corrected chi connectivity index (χ4v) is 3.07. The van der Waals surface area contributed by atoms with Crippen LogP contribution in [0.3, 0.4) is 0 Å². The lowest BCUT2D eigenvalue weighted by atomic mass is 9.86. The summed E-state index contributed by atoms with van der Waals surface area (Å²) in [5.41, 5.74) is 2.52. The zero-order valence-electron chi connectivity index (χ0n) is 12.1. The molecule has 1 heterocycles. The number of nitrogens with zero attached hydrogens (tertiary/aromatic N) is 2. The number of hydrogen-bond acceptors (Lipinski definition) is 2. The molecule has 2 unspecified atom stereocenters. The van der Waals surface area contributed by atoms with E-state index in [0.29, 0.717) is 6.04 Å². The third-order valence-electron chi connectivity index (χ3n) is 4.42. The summed E-state index contributed by atoms with van der Waals surface area (Å²) in [4.78, 5) is 4.08. The van der Waals surface area contributed by atoms with Crippen LogP contribution in [0, 0.1) is 5.92 Å². The Labute approximate surface area is 121 Å². The molecular weight excluding hydrogens is 246 g/mol. The molecule has 0 amide bonds. The molecule has 3 nitrogen and oxygen atoms in total. The molecule has 0 saturated heterocycles. The van der Waals surface area contributed by atoms with Crippen molar-refractivity contribution in [1.82, 2.24) is 14.9 Å². The summed E-state index contributed by atoms with van der Waals surface area (Å²) in [5, 5.41) is 3.72. The van der Waals surface area contributed by atoms with Crippen LogP contribution in [-0.2, 0) is 6.54 Å². The van der Waals surface area contributed by atoms with Gasteiger partial charge in [-0.2, -0.15) is 0 Å². The van der Waals surface area contributed by atoms with E-state index in [1.54, 1.807) is 6.20 Å². The largest absolute Gasteiger partial charge is 0.310 e. The first kappa shape index (κ1) is 13.4. The Balaban J connectivity index is 1.58. The van der Waals surface area contributed by atoms with E-state index in [4.69, 9.17) is 0 Å². The van der Waals surface area contributed by atoms with Gasteiger partial charge in [-0.15, -0.1) is 0 Å². The molecule has 1 aliphatic carbocycles. The van der Waals surface area contributed by atoms with E-state index in [0.717, 1.165) is 18.2 Å². The van der Waals surface area contributed by atoms with Gasteiger partial charge in [0.1, 0.15) is 0 Å². The van der Waals surface area contributed by atoms with Gasteiger partial charge in [-0.25, -0.2) is 4.98 Å². The maximum atomic E-state index is 4.08. The van der Waals surface area contributed by atoms with Crippen molar-refractivity contribution in [3.8, 4) is 5.69 Å². The van der Waals surface area contributed by atoms with Crippen molar-refractivity contribution < 1.29 is 0 Å². The van der Waals surface area contributed by atoms with Crippen LogP contribution in [0.25, 0.3) is 5.69 Å². The fourth-order valence-electron chi connectivity index (χ4n) is 3.07. The number of hydrogen-bond donors (Lipinski definition) is 1. The Morgan fingerprint density at radius 3 is 2.70 bits per heavy atom. The summed E-state index contributed by atoms with van der Waals surface area (Å²) < 4.78 is 2.03. The summed E-state index contributed by atoms with van der Waals surface area (Å²) in [6.45, 7) is 3.35. The van der Waals surface area contributed by atoms with Gasteiger partial charge in [-0.1, -0.05) is 31.9 Å². The normalized spacial score (nSPS) is 22.9. The molecule has 3 rings (SSSR count). The minimum Gasteiger partial charge on any atom is -0.310 e. The minimum atomic E-state index is 0.692. The number of rotatable bonds is 4. The predicted octanol–water partition coefficient (Wildman–Crippen LogP) is 3.54. The van der Waals surface area contributed by atoms with E-state index in [9.17, 15) is 0 Å². The molecule has 1 fully saturated rings. The first-order valence-corrected chi connectivity index (χ1v) is 7.63. The SMILES string of the molecule is CC1CCCCC1NCc1ccc(-n2ccnc2)cc1. The molecule has 1 N–H and O–H groups in total. The van der Waals surface area contributed by atoms with Crippen molar-refractivity contribution in [3.63, 3.8) is 0 Å². The second-order valence-electron chi connectivity index (χ2n) is 5.89. The summed E-state index contributed by atoms with van der Waals surface area (Å²) in [6, 6.07) is 9.41. The molecule has 1 aromatic heterocycles. The molecule has 0 spiro atoms. The second-order valence-corrected chi connectivity index (χ2v) is 5.89. The van der Waals surface area contributed by atoms with Gasteiger partial charge in [-0.3, -0.25) is 0 Å². The molecule has 1 aliphatic rings. The van der Waals surface area contributed by atoms with Crippen LogP contribution in [0.4, 0.5) is 0 Å². The predicted molar refractivity (Wildman–Crippen MR) is 81.8 cm³/mol. The molecule has 106 valence electrons. The monoisotopic (exact) mass is 269 g/mol. The van der Waals surface area contributed by atoms with Crippen molar-refractivity contribution >= 4 is 0 Å². The van der Waals surface area contributed by atoms with Crippen LogP contribution >= 0.6 is 0 Å². The molecule has 2 aromatic rings. The molecule has 0 radical (unpaired) electrons. The van der Waals surface area contributed by atoms with Crippen LogP contribution in [0.2, 0.25) is 0 Å². The Kier molecular flexibility index (Phi) is 4.16. The van der Waals surface area contributed by atoms with Gasteiger partial charge in [0.25, 0.3) is 0 Å². The van der Waals surface area contributed by atoms with Crippen molar-refractivity contribution in [2.24, 2.45) is 5.92 Å². The van der Waals surface area contributed by atoms with E-state index in [1.165, 1.54) is 31.2 Å². The quantitative estimate of drug-likeness (QED) is 0.920. The molecular formula is C17H23N3. The highest BCUT2D eigenvalue weighted by molar-refractivity contribution is 5.34. The highest BCUT2D eigenvalue weighted by atomic mass is 15.0. The minimum absolute atomic E-state index is 0.692. The number of imidazole rings is 1. The van der Waals surface area contributed by atoms with Gasteiger partial charge >= 0.3 is 0 Å². The average Bonchev–Trinajstić information content (AvgIpc) is 3.01. The Hall–Kier alpha value is -1.61. The number of benzene rings is 1. The van der Waals surface area contributed by atoms with Crippen LogP contribution in [0.1, 0.15) is 38.2 Å². The third kappa shape index (κ3) is 3.10. The van der Waals surface area contributed by atoms with E-state index in [2.05, 4.69) is 41.5 Å².